The number of nitrogens with one attached hydrogen (secondary N) is 2. The second-order valence-corrected chi connectivity index (χ2v) is 6.39. The van der Waals surface area contributed by atoms with Gasteiger partial charge in [-0.2, -0.15) is 5.10 Å². The Kier molecular flexibility index (Phi) is 4.66. The Labute approximate surface area is 141 Å². The molecule has 2 N–H and O–H groups in total. The SMILES string of the molecule is c1cc2c(cc1-c1[nH]ncc1CNCCCOCC1CC1)OCO2. The Hall–Kier alpha value is -2.05. The van der Waals surface area contributed by atoms with E-state index in [9.17, 15) is 0 Å². The summed E-state index contributed by atoms with van der Waals surface area (Å²) in [7, 11) is 0. The van der Waals surface area contributed by atoms with E-state index in [1.807, 2.05) is 24.4 Å². The largest absolute Gasteiger partial charge is 0.454 e. The van der Waals surface area contributed by atoms with Crippen LogP contribution in [0.5, 0.6) is 11.5 Å². The van der Waals surface area contributed by atoms with E-state index < -0.39 is 0 Å². The number of nitrogens with zero attached hydrogens (tertiary/aromatic N) is 1. The number of benzene rings is 1. The Bertz CT molecular complexity index is 682. The minimum Gasteiger partial charge on any atom is -0.454 e. The minimum atomic E-state index is 0.291. The number of H-pyrrole nitrogens is 1. The van der Waals surface area contributed by atoms with Crippen molar-refractivity contribution >= 4 is 0 Å². The van der Waals surface area contributed by atoms with Crippen molar-refractivity contribution in [1.82, 2.24) is 15.5 Å². The van der Waals surface area contributed by atoms with Gasteiger partial charge in [0.15, 0.2) is 11.5 Å². The van der Waals surface area contributed by atoms with Crippen LogP contribution in [0, 0.1) is 5.92 Å². The highest BCUT2D eigenvalue weighted by atomic mass is 16.7. The Morgan fingerprint density at radius 1 is 1.25 bits per heavy atom. The van der Waals surface area contributed by atoms with Gasteiger partial charge in [0, 0.05) is 30.9 Å². The molecule has 1 aliphatic carbocycles. The summed E-state index contributed by atoms with van der Waals surface area (Å²) >= 11 is 0. The standard InChI is InChI=1S/C18H23N3O3/c1(7-22-11-13-2-3-13)6-19-9-15-10-20-21-18(15)14-4-5-16-17(8-14)24-12-23-16/h4-5,8,10,13,19H,1-3,6-7,9,11-12H2,(H,20,21). The molecule has 2 aliphatic rings. The van der Waals surface area contributed by atoms with Crippen molar-refractivity contribution in [3.8, 4) is 22.8 Å². The van der Waals surface area contributed by atoms with E-state index in [0.29, 0.717) is 6.79 Å². The highest BCUT2D eigenvalue weighted by Gasteiger charge is 2.20. The van der Waals surface area contributed by atoms with Gasteiger partial charge >= 0.3 is 0 Å². The van der Waals surface area contributed by atoms with Gasteiger partial charge in [0.25, 0.3) is 0 Å². The maximum Gasteiger partial charge on any atom is 0.231 e. The molecule has 0 saturated heterocycles. The van der Waals surface area contributed by atoms with Crippen molar-refractivity contribution in [2.45, 2.75) is 25.8 Å². The van der Waals surface area contributed by atoms with Crippen LogP contribution in [0.3, 0.4) is 0 Å². The molecule has 0 amide bonds. The van der Waals surface area contributed by atoms with Gasteiger partial charge in [-0.1, -0.05) is 0 Å². The van der Waals surface area contributed by atoms with Gasteiger partial charge in [-0.05, 0) is 49.9 Å². The first-order valence-corrected chi connectivity index (χ1v) is 8.61. The third kappa shape index (κ3) is 3.71. The van der Waals surface area contributed by atoms with Crippen molar-refractivity contribution in [3.05, 3.63) is 30.0 Å². The number of ether oxygens (including phenoxy) is 3. The summed E-state index contributed by atoms with van der Waals surface area (Å²) in [6, 6.07) is 5.95. The maximum absolute atomic E-state index is 5.65. The number of aromatic amines is 1. The molecule has 24 heavy (non-hydrogen) atoms. The van der Waals surface area contributed by atoms with Gasteiger partial charge < -0.3 is 19.5 Å². The number of hydrogen-bond donors (Lipinski definition) is 2. The quantitative estimate of drug-likeness (QED) is 0.692. The van der Waals surface area contributed by atoms with Crippen molar-refractivity contribution in [3.63, 3.8) is 0 Å². The molecule has 0 bridgehead atoms. The predicted molar refractivity (Wildman–Crippen MR) is 90.0 cm³/mol. The van der Waals surface area contributed by atoms with E-state index in [1.54, 1.807) is 0 Å². The van der Waals surface area contributed by atoms with Gasteiger partial charge in [-0.25, -0.2) is 0 Å². The molecule has 4 rings (SSSR count). The first-order valence-electron chi connectivity index (χ1n) is 8.61. The third-order valence-corrected chi connectivity index (χ3v) is 4.39. The van der Waals surface area contributed by atoms with Crippen LogP contribution in [-0.2, 0) is 11.3 Å². The van der Waals surface area contributed by atoms with E-state index in [-0.39, 0.29) is 0 Å². The average molecular weight is 329 g/mol. The van der Waals surface area contributed by atoms with Crippen molar-refractivity contribution < 1.29 is 14.2 Å². The molecule has 0 atom stereocenters. The predicted octanol–water partition coefficient (Wildman–Crippen LogP) is 2.71. The van der Waals surface area contributed by atoms with Crippen LogP contribution >= 0.6 is 0 Å². The zero-order valence-corrected chi connectivity index (χ0v) is 13.7. The molecule has 1 aliphatic heterocycles. The van der Waals surface area contributed by atoms with Crippen molar-refractivity contribution in [2.75, 3.05) is 26.6 Å². The minimum absolute atomic E-state index is 0.291. The molecule has 128 valence electrons. The molecule has 2 heterocycles. The fraction of sp³-hybridized carbons (Fsp3) is 0.500. The summed E-state index contributed by atoms with van der Waals surface area (Å²) < 4.78 is 16.5. The lowest BCUT2D eigenvalue weighted by Gasteiger charge is -2.07. The second-order valence-electron chi connectivity index (χ2n) is 6.39. The van der Waals surface area contributed by atoms with E-state index >= 15 is 0 Å². The molecule has 1 aromatic heterocycles. The Morgan fingerprint density at radius 2 is 2.17 bits per heavy atom. The lowest BCUT2D eigenvalue weighted by molar-refractivity contribution is 0.122. The van der Waals surface area contributed by atoms with Gasteiger partial charge in [0.1, 0.15) is 0 Å². The first-order chi connectivity index (χ1) is 11.9. The summed E-state index contributed by atoms with van der Waals surface area (Å²) in [5.41, 5.74) is 3.22. The van der Waals surface area contributed by atoms with Gasteiger partial charge in [-0.3, -0.25) is 5.10 Å². The lowest BCUT2D eigenvalue weighted by Crippen LogP contribution is -2.16. The van der Waals surface area contributed by atoms with E-state index in [1.165, 1.54) is 12.8 Å². The normalized spacial score (nSPS) is 15.8. The van der Waals surface area contributed by atoms with Gasteiger partial charge in [0.05, 0.1) is 11.9 Å². The Balaban J connectivity index is 1.26. The monoisotopic (exact) mass is 329 g/mol. The van der Waals surface area contributed by atoms with Crippen LogP contribution in [0.4, 0.5) is 0 Å². The first kappa shape index (κ1) is 15.5. The molecular formula is C18H23N3O3. The maximum atomic E-state index is 5.65. The number of fused-ring (bicyclic) bond motifs is 1. The molecule has 0 spiro atoms. The van der Waals surface area contributed by atoms with E-state index in [2.05, 4.69) is 15.5 Å². The van der Waals surface area contributed by atoms with E-state index in [0.717, 1.165) is 67.0 Å². The summed E-state index contributed by atoms with van der Waals surface area (Å²) in [5.74, 6) is 2.42. The van der Waals surface area contributed by atoms with Crippen LogP contribution in [0.15, 0.2) is 24.4 Å². The topological polar surface area (TPSA) is 68.4 Å². The lowest BCUT2D eigenvalue weighted by atomic mass is 10.1. The zero-order chi connectivity index (χ0) is 16.2. The molecule has 1 saturated carbocycles. The highest BCUT2D eigenvalue weighted by Crippen LogP contribution is 2.36. The van der Waals surface area contributed by atoms with Crippen molar-refractivity contribution in [2.24, 2.45) is 5.92 Å². The molecule has 6 heteroatoms. The van der Waals surface area contributed by atoms with Crippen LogP contribution in [0.1, 0.15) is 24.8 Å². The fourth-order valence-electron chi connectivity index (χ4n) is 2.80. The molecule has 0 radical (unpaired) electrons. The summed E-state index contributed by atoms with van der Waals surface area (Å²) in [5, 5.41) is 10.7. The third-order valence-electron chi connectivity index (χ3n) is 4.39. The highest BCUT2D eigenvalue weighted by molar-refractivity contribution is 5.66. The van der Waals surface area contributed by atoms with Crippen LogP contribution in [-0.4, -0.2) is 36.7 Å². The van der Waals surface area contributed by atoms with Crippen LogP contribution in [0.25, 0.3) is 11.3 Å². The number of hydrogen-bond acceptors (Lipinski definition) is 5. The van der Waals surface area contributed by atoms with Crippen LogP contribution in [0.2, 0.25) is 0 Å². The molecule has 1 fully saturated rings. The molecule has 0 unspecified atom stereocenters. The average Bonchev–Trinajstić information content (AvgIpc) is 3.11. The molecular weight excluding hydrogens is 306 g/mol. The molecule has 1 aromatic carbocycles. The Morgan fingerprint density at radius 3 is 3.08 bits per heavy atom. The molecule has 2 aromatic rings. The fourth-order valence-corrected chi connectivity index (χ4v) is 2.80. The zero-order valence-electron chi connectivity index (χ0n) is 13.7. The number of rotatable bonds is 9. The van der Waals surface area contributed by atoms with Crippen molar-refractivity contribution in [1.29, 1.82) is 0 Å². The second kappa shape index (κ2) is 7.23. The summed E-state index contributed by atoms with van der Waals surface area (Å²) in [6.07, 6.45) is 5.60. The molecule has 6 nitrogen and oxygen atoms in total. The van der Waals surface area contributed by atoms with Gasteiger partial charge in [-0.15, -0.1) is 0 Å². The smallest absolute Gasteiger partial charge is 0.231 e. The van der Waals surface area contributed by atoms with E-state index in [4.69, 9.17) is 14.2 Å². The van der Waals surface area contributed by atoms with Gasteiger partial charge in [0.2, 0.25) is 6.79 Å². The summed E-state index contributed by atoms with van der Waals surface area (Å²) in [4.78, 5) is 0. The van der Waals surface area contributed by atoms with Crippen LogP contribution < -0.4 is 14.8 Å². The number of aromatic nitrogens is 2. The summed E-state index contributed by atoms with van der Waals surface area (Å²) in [6.45, 7) is 3.79.